The monoisotopic (exact) mass is 279 g/mol. The molecule has 1 aromatic carbocycles. The summed E-state index contributed by atoms with van der Waals surface area (Å²) in [5.74, 6) is 0.879. The van der Waals surface area contributed by atoms with Gasteiger partial charge < -0.3 is 15.0 Å². The Morgan fingerprint density at radius 3 is 2.68 bits per heavy atom. The maximum absolute atomic E-state index is 9.17. The highest BCUT2D eigenvalue weighted by molar-refractivity contribution is 6.29. The number of nitrogens with zero attached hydrogens (tertiary/aromatic N) is 2. The number of hydrogen-bond donors (Lipinski definition) is 2. The van der Waals surface area contributed by atoms with Gasteiger partial charge in [-0.1, -0.05) is 41.9 Å². The van der Waals surface area contributed by atoms with Gasteiger partial charge in [-0.25, -0.2) is 4.98 Å². The molecule has 5 heteroatoms. The Bertz CT molecular complexity index is 513. The predicted octanol–water partition coefficient (Wildman–Crippen LogP) is 2.29. The van der Waals surface area contributed by atoms with Crippen molar-refractivity contribution in [3.05, 3.63) is 53.1 Å². The largest absolute Gasteiger partial charge is 0.396 e. The second-order valence-corrected chi connectivity index (χ2v) is 4.80. The summed E-state index contributed by atoms with van der Waals surface area (Å²) in [7, 11) is 1.88. The van der Waals surface area contributed by atoms with Crippen LogP contribution in [-0.2, 0) is 13.6 Å². The topological polar surface area (TPSA) is 50.1 Å². The first-order valence-corrected chi connectivity index (χ1v) is 6.65. The average molecular weight is 280 g/mol. The lowest BCUT2D eigenvalue weighted by Gasteiger charge is -2.18. The van der Waals surface area contributed by atoms with Crippen LogP contribution in [0.1, 0.15) is 23.9 Å². The first-order valence-electron chi connectivity index (χ1n) is 6.27. The fourth-order valence-electron chi connectivity index (χ4n) is 2.00. The highest BCUT2D eigenvalue weighted by atomic mass is 35.5. The molecule has 1 atom stereocenters. The lowest BCUT2D eigenvalue weighted by molar-refractivity contribution is 0.264. The second kappa shape index (κ2) is 6.70. The van der Waals surface area contributed by atoms with E-state index in [0.717, 1.165) is 11.4 Å². The number of hydrogen-bond acceptors (Lipinski definition) is 3. The van der Waals surface area contributed by atoms with Crippen molar-refractivity contribution in [1.82, 2.24) is 14.9 Å². The molecule has 2 aromatic rings. The standard InChI is InChI=1S/C14H18ClN3O/c1-18-13(15)9-17-14(18)10-16-12(7-8-19)11-5-3-2-4-6-11/h2-6,9,12,16,19H,7-8,10H2,1H3. The molecule has 0 aliphatic heterocycles. The van der Waals surface area contributed by atoms with Gasteiger partial charge in [-0.05, 0) is 12.0 Å². The van der Waals surface area contributed by atoms with E-state index in [2.05, 4.69) is 22.4 Å². The number of benzene rings is 1. The van der Waals surface area contributed by atoms with Crippen LogP contribution < -0.4 is 5.32 Å². The Morgan fingerprint density at radius 2 is 2.11 bits per heavy atom. The highest BCUT2D eigenvalue weighted by Gasteiger charge is 2.12. The van der Waals surface area contributed by atoms with Crippen molar-refractivity contribution in [1.29, 1.82) is 0 Å². The third-order valence-corrected chi connectivity index (χ3v) is 3.51. The van der Waals surface area contributed by atoms with Gasteiger partial charge in [0.2, 0.25) is 0 Å². The third-order valence-electron chi connectivity index (χ3n) is 3.15. The van der Waals surface area contributed by atoms with Gasteiger partial charge in [0, 0.05) is 19.7 Å². The summed E-state index contributed by atoms with van der Waals surface area (Å²) >= 11 is 5.96. The van der Waals surface area contributed by atoms with Gasteiger partial charge in [0.1, 0.15) is 11.0 Å². The molecule has 0 saturated heterocycles. The molecule has 0 fully saturated rings. The van der Waals surface area contributed by atoms with Crippen molar-refractivity contribution >= 4 is 11.6 Å². The van der Waals surface area contributed by atoms with E-state index in [4.69, 9.17) is 11.6 Å². The number of aliphatic hydroxyl groups is 1. The number of halogens is 1. The van der Waals surface area contributed by atoms with Crippen LogP contribution in [-0.4, -0.2) is 21.3 Å². The van der Waals surface area contributed by atoms with Crippen LogP contribution in [0.3, 0.4) is 0 Å². The Kier molecular flexibility index (Phi) is 4.96. The first-order chi connectivity index (χ1) is 9.22. The number of aliphatic hydroxyl groups excluding tert-OH is 1. The zero-order chi connectivity index (χ0) is 13.7. The lowest BCUT2D eigenvalue weighted by atomic mass is 10.0. The van der Waals surface area contributed by atoms with Crippen molar-refractivity contribution < 1.29 is 5.11 Å². The van der Waals surface area contributed by atoms with Crippen molar-refractivity contribution in [2.24, 2.45) is 7.05 Å². The maximum atomic E-state index is 9.17. The zero-order valence-corrected chi connectivity index (χ0v) is 11.6. The smallest absolute Gasteiger partial charge is 0.128 e. The van der Waals surface area contributed by atoms with Gasteiger partial charge >= 0.3 is 0 Å². The molecule has 19 heavy (non-hydrogen) atoms. The zero-order valence-electron chi connectivity index (χ0n) is 10.9. The number of rotatable bonds is 6. The van der Waals surface area contributed by atoms with Gasteiger partial charge in [0.25, 0.3) is 0 Å². The molecule has 2 N–H and O–H groups in total. The van der Waals surface area contributed by atoms with Crippen molar-refractivity contribution in [2.75, 3.05) is 6.61 Å². The van der Waals surface area contributed by atoms with E-state index in [-0.39, 0.29) is 12.6 Å². The molecule has 1 aromatic heterocycles. The summed E-state index contributed by atoms with van der Waals surface area (Å²) < 4.78 is 1.84. The van der Waals surface area contributed by atoms with Crippen molar-refractivity contribution in [2.45, 2.75) is 19.0 Å². The molecular formula is C14H18ClN3O. The minimum absolute atomic E-state index is 0.113. The third kappa shape index (κ3) is 3.56. The van der Waals surface area contributed by atoms with E-state index in [1.165, 1.54) is 0 Å². The average Bonchev–Trinajstić information content (AvgIpc) is 2.76. The van der Waals surface area contributed by atoms with Gasteiger partial charge in [0.05, 0.1) is 12.7 Å². The van der Waals surface area contributed by atoms with E-state index in [9.17, 15) is 5.11 Å². The van der Waals surface area contributed by atoms with Crippen molar-refractivity contribution in [3.63, 3.8) is 0 Å². The number of nitrogens with one attached hydrogen (secondary N) is 1. The summed E-state index contributed by atoms with van der Waals surface area (Å²) in [6.45, 7) is 0.761. The van der Waals surface area contributed by atoms with Crippen LogP contribution in [0.15, 0.2) is 36.5 Å². The summed E-state index contributed by atoms with van der Waals surface area (Å²) in [4.78, 5) is 4.25. The van der Waals surface area contributed by atoms with Crippen molar-refractivity contribution in [3.8, 4) is 0 Å². The van der Waals surface area contributed by atoms with E-state index < -0.39 is 0 Å². The highest BCUT2D eigenvalue weighted by Crippen LogP contribution is 2.17. The molecule has 0 aliphatic carbocycles. The molecule has 0 radical (unpaired) electrons. The molecule has 102 valence electrons. The molecule has 0 bridgehead atoms. The van der Waals surface area contributed by atoms with Crippen LogP contribution in [0, 0.1) is 0 Å². The fourth-order valence-corrected chi connectivity index (χ4v) is 2.15. The summed E-state index contributed by atoms with van der Waals surface area (Å²) in [6, 6.07) is 10.2. The van der Waals surface area contributed by atoms with Gasteiger partial charge in [0.15, 0.2) is 0 Å². The normalized spacial score (nSPS) is 12.6. The van der Waals surface area contributed by atoms with E-state index in [0.29, 0.717) is 18.1 Å². The summed E-state index contributed by atoms with van der Waals surface area (Å²) in [5, 5.41) is 13.2. The quantitative estimate of drug-likeness (QED) is 0.853. The molecule has 4 nitrogen and oxygen atoms in total. The van der Waals surface area contributed by atoms with Crippen LogP contribution >= 0.6 is 11.6 Å². The molecule has 1 unspecified atom stereocenters. The summed E-state index contributed by atoms with van der Waals surface area (Å²) in [5.41, 5.74) is 1.16. The van der Waals surface area contributed by atoms with Crippen LogP contribution in [0.25, 0.3) is 0 Å². The van der Waals surface area contributed by atoms with E-state index in [1.807, 2.05) is 29.8 Å². The molecule has 0 amide bonds. The Labute approximate surface area is 118 Å². The molecular weight excluding hydrogens is 262 g/mol. The predicted molar refractivity (Wildman–Crippen MR) is 75.9 cm³/mol. The Morgan fingerprint density at radius 1 is 1.37 bits per heavy atom. The maximum Gasteiger partial charge on any atom is 0.128 e. The van der Waals surface area contributed by atoms with Gasteiger partial charge in [-0.2, -0.15) is 0 Å². The minimum atomic E-state index is 0.113. The molecule has 2 rings (SSSR count). The van der Waals surface area contributed by atoms with Gasteiger partial charge in [-0.3, -0.25) is 0 Å². The summed E-state index contributed by atoms with van der Waals surface area (Å²) in [6.07, 6.45) is 2.31. The SMILES string of the molecule is Cn1c(Cl)cnc1CNC(CCO)c1ccccc1. The number of imidazole rings is 1. The molecule has 1 heterocycles. The van der Waals surface area contributed by atoms with Crippen LogP contribution in [0.4, 0.5) is 0 Å². The second-order valence-electron chi connectivity index (χ2n) is 4.41. The molecule has 0 saturated carbocycles. The van der Waals surface area contributed by atoms with Crippen LogP contribution in [0.2, 0.25) is 5.15 Å². The van der Waals surface area contributed by atoms with Crippen LogP contribution in [0.5, 0.6) is 0 Å². The van der Waals surface area contributed by atoms with E-state index in [1.54, 1.807) is 6.20 Å². The Hall–Kier alpha value is -1.36. The lowest BCUT2D eigenvalue weighted by Crippen LogP contribution is -2.23. The van der Waals surface area contributed by atoms with Gasteiger partial charge in [-0.15, -0.1) is 0 Å². The first kappa shape index (κ1) is 14.1. The molecule has 0 spiro atoms. The van der Waals surface area contributed by atoms with E-state index >= 15 is 0 Å². The molecule has 0 aliphatic rings. The minimum Gasteiger partial charge on any atom is -0.396 e. The fraction of sp³-hybridized carbons (Fsp3) is 0.357. The number of aromatic nitrogens is 2. The Balaban J connectivity index is 2.04.